The predicted octanol–water partition coefficient (Wildman–Crippen LogP) is 3.24. The summed E-state index contributed by atoms with van der Waals surface area (Å²) in [6.45, 7) is 1.37. The lowest BCUT2D eigenvalue weighted by Gasteiger charge is -2.12. The Balaban J connectivity index is 0.00000288. The number of nitrogens with zero attached hydrogens (tertiary/aromatic N) is 3. The number of halogens is 3. The second kappa shape index (κ2) is 10.7. The molecule has 0 fully saturated rings. The summed E-state index contributed by atoms with van der Waals surface area (Å²) in [4.78, 5) is 4.18. The number of benzene rings is 1. The Morgan fingerprint density at radius 3 is 2.75 bits per heavy atom. The van der Waals surface area contributed by atoms with E-state index in [1.807, 2.05) is 29.9 Å². The molecule has 1 heterocycles. The molecule has 0 bridgehead atoms. The van der Waals surface area contributed by atoms with E-state index in [1.165, 1.54) is 6.07 Å². The summed E-state index contributed by atoms with van der Waals surface area (Å²) in [5.74, 6) is 0.556. The van der Waals surface area contributed by atoms with Crippen LogP contribution in [0.2, 0.25) is 0 Å². The van der Waals surface area contributed by atoms with Crippen molar-refractivity contribution in [1.29, 1.82) is 0 Å². The molecule has 1 aromatic heterocycles. The molecule has 132 valence electrons. The molecule has 0 spiro atoms. The molecular weight excluding hydrogens is 488 g/mol. The van der Waals surface area contributed by atoms with E-state index in [-0.39, 0.29) is 29.8 Å². The SMILES string of the molecule is CN=C(NCCCc1ccc(Br)cc1F)NCc1ccnn1C.I. The van der Waals surface area contributed by atoms with Gasteiger partial charge in [0.25, 0.3) is 0 Å². The predicted molar refractivity (Wildman–Crippen MR) is 109 cm³/mol. The molecule has 0 aliphatic carbocycles. The zero-order valence-corrected chi connectivity index (χ0v) is 17.6. The normalized spacial score (nSPS) is 11.1. The Morgan fingerprint density at radius 1 is 1.33 bits per heavy atom. The third-order valence-corrected chi connectivity index (χ3v) is 4.01. The first-order valence-corrected chi connectivity index (χ1v) is 8.25. The quantitative estimate of drug-likeness (QED) is 0.272. The molecule has 0 saturated heterocycles. The van der Waals surface area contributed by atoms with E-state index in [4.69, 9.17) is 0 Å². The van der Waals surface area contributed by atoms with Crippen molar-refractivity contribution >= 4 is 45.9 Å². The number of hydrogen-bond acceptors (Lipinski definition) is 2. The first-order chi connectivity index (χ1) is 11.1. The summed E-state index contributed by atoms with van der Waals surface area (Å²) in [5.41, 5.74) is 1.80. The Morgan fingerprint density at radius 2 is 2.12 bits per heavy atom. The average Bonchev–Trinajstić information content (AvgIpc) is 2.93. The first kappa shape index (κ1) is 20.9. The first-order valence-electron chi connectivity index (χ1n) is 7.45. The Labute approximate surface area is 167 Å². The molecule has 2 rings (SSSR count). The topological polar surface area (TPSA) is 54.2 Å². The molecule has 2 N–H and O–H groups in total. The number of guanidine groups is 1. The molecule has 1 aromatic carbocycles. The highest BCUT2D eigenvalue weighted by Crippen LogP contribution is 2.16. The molecule has 0 unspecified atom stereocenters. The smallest absolute Gasteiger partial charge is 0.191 e. The third-order valence-electron chi connectivity index (χ3n) is 3.51. The van der Waals surface area contributed by atoms with Crippen LogP contribution in [0.1, 0.15) is 17.7 Å². The van der Waals surface area contributed by atoms with Crippen molar-refractivity contribution in [1.82, 2.24) is 20.4 Å². The summed E-state index contributed by atoms with van der Waals surface area (Å²) in [7, 11) is 3.63. The molecule has 0 saturated carbocycles. The van der Waals surface area contributed by atoms with E-state index < -0.39 is 0 Å². The van der Waals surface area contributed by atoms with E-state index in [9.17, 15) is 4.39 Å². The van der Waals surface area contributed by atoms with Gasteiger partial charge in [0, 0.05) is 31.3 Å². The van der Waals surface area contributed by atoms with Gasteiger partial charge in [0.1, 0.15) is 5.82 Å². The van der Waals surface area contributed by atoms with Gasteiger partial charge in [-0.15, -0.1) is 24.0 Å². The number of rotatable bonds is 6. The molecule has 0 aliphatic rings. The van der Waals surface area contributed by atoms with Crippen LogP contribution in [-0.4, -0.2) is 29.3 Å². The van der Waals surface area contributed by atoms with Crippen molar-refractivity contribution in [2.45, 2.75) is 19.4 Å². The van der Waals surface area contributed by atoms with Gasteiger partial charge in [0.2, 0.25) is 0 Å². The number of nitrogens with one attached hydrogen (secondary N) is 2. The maximum atomic E-state index is 13.7. The standard InChI is InChI=1S/C16H21BrFN5.HI/c1-19-16(21-11-14-7-9-22-23(14)2)20-8-3-4-12-5-6-13(17)10-15(12)18;/h5-7,9-10H,3-4,8,11H2,1-2H3,(H2,19,20,21);1H. The molecule has 2 aromatic rings. The molecule has 24 heavy (non-hydrogen) atoms. The average molecular weight is 510 g/mol. The van der Waals surface area contributed by atoms with Gasteiger partial charge in [-0.05, 0) is 36.6 Å². The largest absolute Gasteiger partial charge is 0.356 e. The highest BCUT2D eigenvalue weighted by Gasteiger charge is 2.04. The molecule has 0 radical (unpaired) electrons. The van der Waals surface area contributed by atoms with Crippen LogP contribution in [0, 0.1) is 5.82 Å². The summed E-state index contributed by atoms with van der Waals surface area (Å²) in [6.07, 6.45) is 3.27. The lowest BCUT2D eigenvalue weighted by molar-refractivity contribution is 0.601. The van der Waals surface area contributed by atoms with Crippen LogP contribution in [0.15, 0.2) is 39.9 Å². The lowest BCUT2D eigenvalue weighted by Crippen LogP contribution is -2.37. The molecule has 0 aliphatic heterocycles. The second-order valence-electron chi connectivity index (χ2n) is 5.14. The summed E-state index contributed by atoms with van der Waals surface area (Å²) in [5, 5.41) is 10.6. The summed E-state index contributed by atoms with van der Waals surface area (Å²) >= 11 is 3.26. The van der Waals surface area contributed by atoms with E-state index in [0.717, 1.165) is 34.7 Å². The molecule has 5 nitrogen and oxygen atoms in total. The van der Waals surface area contributed by atoms with Crippen LogP contribution in [0.4, 0.5) is 4.39 Å². The number of hydrogen-bond donors (Lipinski definition) is 2. The fourth-order valence-electron chi connectivity index (χ4n) is 2.18. The van der Waals surface area contributed by atoms with E-state index >= 15 is 0 Å². The fraction of sp³-hybridized carbons (Fsp3) is 0.375. The van der Waals surface area contributed by atoms with Crippen LogP contribution in [0.25, 0.3) is 0 Å². The second-order valence-corrected chi connectivity index (χ2v) is 6.05. The van der Waals surface area contributed by atoms with Crippen molar-refractivity contribution in [3.05, 3.63) is 52.0 Å². The summed E-state index contributed by atoms with van der Waals surface area (Å²) in [6, 6.07) is 7.13. The molecule has 0 amide bonds. The Kier molecular flexibility index (Phi) is 9.27. The maximum absolute atomic E-state index is 13.7. The zero-order chi connectivity index (χ0) is 16.7. The summed E-state index contributed by atoms with van der Waals surface area (Å²) < 4.78 is 16.3. The van der Waals surface area contributed by atoms with Crippen LogP contribution in [0.3, 0.4) is 0 Å². The Bertz CT molecular complexity index is 674. The van der Waals surface area contributed by atoms with E-state index in [0.29, 0.717) is 13.0 Å². The monoisotopic (exact) mass is 509 g/mol. The van der Waals surface area contributed by atoms with Crippen molar-refractivity contribution in [2.75, 3.05) is 13.6 Å². The van der Waals surface area contributed by atoms with Gasteiger partial charge in [-0.1, -0.05) is 22.0 Å². The third kappa shape index (κ3) is 6.39. The molecule has 8 heteroatoms. The minimum absolute atomic E-state index is 0. The van der Waals surface area contributed by atoms with Crippen LogP contribution in [0.5, 0.6) is 0 Å². The number of aliphatic imine (C=N–C) groups is 1. The fourth-order valence-corrected chi connectivity index (χ4v) is 2.51. The van der Waals surface area contributed by atoms with Crippen molar-refractivity contribution < 1.29 is 4.39 Å². The maximum Gasteiger partial charge on any atom is 0.191 e. The van der Waals surface area contributed by atoms with Crippen molar-refractivity contribution in [3.63, 3.8) is 0 Å². The van der Waals surface area contributed by atoms with Gasteiger partial charge in [0.05, 0.1) is 12.2 Å². The van der Waals surface area contributed by atoms with E-state index in [1.54, 1.807) is 13.2 Å². The van der Waals surface area contributed by atoms with Gasteiger partial charge < -0.3 is 10.6 Å². The minimum atomic E-state index is -0.168. The van der Waals surface area contributed by atoms with Gasteiger partial charge in [-0.3, -0.25) is 9.67 Å². The van der Waals surface area contributed by atoms with Crippen LogP contribution in [-0.2, 0) is 20.0 Å². The van der Waals surface area contributed by atoms with Gasteiger partial charge >= 0.3 is 0 Å². The van der Waals surface area contributed by atoms with Gasteiger partial charge in [-0.25, -0.2) is 4.39 Å². The Hall–Kier alpha value is -1.16. The van der Waals surface area contributed by atoms with Gasteiger partial charge in [0.15, 0.2) is 5.96 Å². The molecular formula is C16H22BrFIN5. The highest BCUT2D eigenvalue weighted by molar-refractivity contribution is 14.0. The van der Waals surface area contributed by atoms with Gasteiger partial charge in [-0.2, -0.15) is 5.10 Å². The highest BCUT2D eigenvalue weighted by atomic mass is 127. The number of aromatic nitrogens is 2. The molecule has 0 atom stereocenters. The van der Waals surface area contributed by atoms with Crippen LogP contribution < -0.4 is 10.6 Å². The van der Waals surface area contributed by atoms with E-state index in [2.05, 4.69) is 36.7 Å². The zero-order valence-electron chi connectivity index (χ0n) is 13.7. The lowest BCUT2D eigenvalue weighted by atomic mass is 10.1. The van der Waals surface area contributed by atoms with Crippen molar-refractivity contribution in [2.24, 2.45) is 12.0 Å². The number of aryl methyl sites for hydroxylation is 2. The van der Waals surface area contributed by atoms with Crippen molar-refractivity contribution in [3.8, 4) is 0 Å². The minimum Gasteiger partial charge on any atom is -0.356 e. The van der Waals surface area contributed by atoms with Crippen LogP contribution >= 0.6 is 39.9 Å².